The summed E-state index contributed by atoms with van der Waals surface area (Å²) in [6, 6.07) is 6.57. The molecule has 0 saturated carbocycles. The van der Waals surface area contributed by atoms with Gasteiger partial charge >= 0.3 is 17.9 Å². The average Bonchev–Trinajstić information content (AvgIpc) is 2.58. The van der Waals surface area contributed by atoms with E-state index >= 15 is 0 Å². The van der Waals surface area contributed by atoms with Crippen molar-refractivity contribution in [1.82, 2.24) is 10.2 Å². The molecular weight excluding hydrogens is 364 g/mol. The molecular formula is C20H22N2O6. The largest absolute Gasteiger partial charge is 0.478 e. The summed E-state index contributed by atoms with van der Waals surface area (Å²) in [5, 5.41) is 31.5. The molecule has 28 heavy (non-hydrogen) atoms. The maximum atomic E-state index is 12.1. The second kappa shape index (κ2) is 8.53. The SMILES string of the molecule is CC1=C(C(=O)O)C(c2ccccc2C=CC(=O)O)C(C(=O)O)=C(CN(C)C)N1. The van der Waals surface area contributed by atoms with Gasteiger partial charge in [-0.15, -0.1) is 0 Å². The maximum Gasteiger partial charge on any atom is 0.334 e. The topological polar surface area (TPSA) is 127 Å². The molecule has 0 aliphatic carbocycles. The average molecular weight is 386 g/mol. The highest BCUT2D eigenvalue weighted by atomic mass is 16.4. The van der Waals surface area contributed by atoms with Gasteiger partial charge in [0.15, 0.2) is 0 Å². The van der Waals surface area contributed by atoms with Crippen LogP contribution in [0.1, 0.15) is 24.0 Å². The number of carbonyl (C=O) groups is 3. The van der Waals surface area contributed by atoms with Crippen molar-refractivity contribution in [3.05, 3.63) is 64.0 Å². The van der Waals surface area contributed by atoms with Crippen LogP contribution in [0.5, 0.6) is 0 Å². The Labute approximate surface area is 162 Å². The molecule has 1 atom stereocenters. The Morgan fingerprint density at radius 1 is 1.07 bits per heavy atom. The lowest BCUT2D eigenvalue weighted by atomic mass is 9.78. The van der Waals surface area contributed by atoms with Gasteiger partial charge in [-0.2, -0.15) is 0 Å². The Kier molecular flexibility index (Phi) is 6.37. The second-order valence-corrected chi connectivity index (χ2v) is 6.64. The number of benzene rings is 1. The fourth-order valence-corrected chi connectivity index (χ4v) is 3.27. The molecule has 0 fully saturated rings. The fourth-order valence-electron chi connectivity index (χ4n) is 3.27. The third kappa shape index (κ3) is 4.47. The van der Waals surface area contributed by atoms with Crippen LogP contribution in [0, 0.1) is 0 Å². The van der Waals surface area contributed by atoms with Gasteiger partial charge in [0, 0.05) is 24.0 Å². The third-order valence-corrected chi connectivity index (χ3v) is 4.29. The number of nitrogens with zero attached hydrogens (tertiary/aromatic N) is 1. The number of nitrogens with one attached hydrogen (secondary N) is 1. The van der Waals surface area contributed by atoms with E-state index in [4.69, 9.17) is 5.11 Å². The third-order valence-electron chi connectivity index (χ3n) is 4.29. The number of carboxylic acids is 3. The van der Waals surface area contributed by atoms with Crippen molar-refractivity contribution in [2.24, 2.45) is 0 Å². The van der Waals surface area contributed by atoms with Gasteiger partial charge in [0.2, 0.25) is 0 Å². The lowest BCUT2D eigenvalue weighted by molar-refractivity contribution is -0.134. The standard InChI is InChI=1S/C20H22N2O6/c1-11-16(19(25)26)17(18(20(27)28)14(21-11)10-22(2)3)13-7-5-4-6-12(13)8-9-15(23)24/h4-9,17,21H,10H2,1-3H3,(H,23,24)(H,25,26)(H,27,28). The van der Waals surface area contributed by atoms with E-state index in [9.17, 15) is 24.6 Å². The highest BCUT2D eigenvalue weighted by Gasteiger charge is 2.38. The van der Waals surface area contributed by atoms with Crippen molar-refractivity contribution in [2.75, 3.05) is 20.6 Å². The zero-order chi connectivity index (χ0) is 21.0. The minimum atomic E-state index is -1.24. The Balaban J connectivity index is 2.79. The lowest BCUT2D eigenvalue weighted by Crippen LogP contribution is -2.36. The van der Waals surface area contributed by atoms with Crippen LogP contribution in [0.3, 0.4) is 0 Å². The van der Waals surface area contributed by atoms with Crippen molar-refractivity contribution in [3.8, 4) is 0 Å². The fraction of sp³-hybridized carbons (Fsp3) is 0.250. The van der Waals surface area contributed by atoms with Gasteiger partial charge in [-0.3, -0.25) is 0 Å². The summed E-state index contributed by atoms with van der Waals surface area (Å²) in [6.45, 7) is 1.86. The molecule has 1 aliphatic heterocycles. The highest BCUT2D eigenvalue weighted by Crippen LogP contribution is 2.40. The highest BCUT2D eigenvalue weighted by molar-refractivity contribution is 5.99. The molecule has 8 heteroatoms. The van der Waals surface area contributed by atoms with Gasteiger partial charge in [0.05, 0.1) is 17.1 Å². The lowest BCUT2D eigenvalue weighted by Gasteiger charge is -2.31. The minimum absolute atomic E-state index is 0.0760. The van der Waals surface area contributed by atoms with Crippen LogP contribution in [-0.2, 0) is 14.4 Å². The number of hydrogen-bond donors (Lipinski definition) is 4. The van der Waals surface area contributed by atoms with E-state index < -0.39 is 23.8 Å². The van der Waals surface area contributed by atoms with E-state index in [1.54, 1.807) is 50.2 Å². The number of hydrogen-bond acceptors (Lipinski definition) is 5. The van der Waals surface area contributed by atoms with Crippen molar-refractivity contribution in [1.29, 1.82) is 0 Å². The van der Waals surface area contributed by atoms with Gasteiger partial charge < -0.3 is 25.5 Å². The molecule has 1 unspecified atom stereocenters. The van der Waals surface area contributed by atoms with E-state index in [-0.39, 0.29) is 17.7 Å². The van der Waals surface area contributed by atoms with Crippen LogP contribution >= 0.6 is 0 Å². The summed E-state index contributed by atoms with van der Waals surface area (Å²) in [4.78, 5) is 36.8. The van der Waals surface area contributed by atoms with Crippen LogP contribution in [0.25, 0.3) is 6.08 Å². The van der Waals surface area contributed by atoms with Crippen molar-refractivity contribution >= 4 is 24.0 Å². The molecule has 0 spiro atoms. The monoisotopic (exact) mass is 386 g/mol. The Morgan fingerprint density at radius 2 is 1.68 bits per heavy atom. The molecule has 148 valence electrons. The number of allylic oxidation sites excluding steroid dienone is 1. The molecule has 1 aromatic rings. The number of dihydropyridines is 1. The Morgan fingerprint density at radius 3 is 2.21 bits per heavy atom. The first-order valence-corrected chi connectivity index (χ1v) is 8.45. The van der Waals surface area contributed by atoms with Gasteiger partial charge in [-0.05, 0) is 38.2 Å². The molecule has 2 rings (SSSR count). The predicted molar refractivity (Wildman–Crippen MR) is 103 cm³/mol. The number of carboxylic acid groups (broad SMARTS) is 3. The number of likely N-dealkylation sites (N-methyl/N-ethyl adjacent to an activating group) is 1. The van der Waals surface area contributed by atoms with E-state index in [1.165, 1.54) is 6.08 Å². The summed E-state index contributed by atoms with van der Waals surface area (Å²) < 4.78 is 0. The van der Waals surface area contributed by atoms with Gasteiger partial charge in [-0.25, -0.2) is 14.4 Å². The van der Waals surface area contributed by atoms with Crippen LogP contribution in [-0.4, -0.2) is 58.8 Å². The molecule has 0 radical (unpaired) electrons. The Hall–Kier alpha value is -3.39. The molecule has 4 N–H and O–H groups in total. The number of aliphatic carboxylic acids is 3. The predicted octanol–water partition coefficient (Wildman–Crippen LogP) is 1.73. The van der Waals surface area contributed by atoms with Gasteiger partial charge in [-0.1, -0.05) is 24.3 Å². The maximum absolute atomic E-state index is 12.1. The zero-order valence-corrected chi connectivity index (χ0v) is 15.8. The summed E-state index contributed by atoms with van der Waals surface area (Å²) >= 11 is 0. The van der Waals surface area contributed by atoms with E-state index in [2.05, 4.69) is 5.32 Å². The molecule has 0 saturated heterocycles. The molecule has 0 aromatic heterocycles. The summed E-state index contributed by atoms with van der Waals surface area (Å²) in [7, 11) is 3.55. The second-order valence-electron chi connectivity index (χ2n) is 6.64. The van der Waals surface area contributed by atoms with Gasteiger partial charge in [0.25, 0.3) is 0 Å². The first kappa shape index (κ1) is 20.9. The molecule has 8 nitrogen and oxygen atoms in total. The van der Waals surface area contributed by atoms with Crippen LogP contribution < -0.4 is 5.32 Å². The molecule has 0 amide bonds. The molecule has 0 bridgehead atoms. The Bertz CT molecular complexity index is 911. The van der Waals surface area contributed by atoms with E-state index in [0.29, 0.717) is 22.5 Å². The van der Waals surface area contributed by atoms with Gasteiger partial charge in [0.1, 0.15) is 0 Å². The zero-order valence-electron chi connectivity index (χ0n) is 15.8. The van der Waals surface area contributed by atoms with Crippen molar-refractivity contribution < 1.29 is 29.7 Å². The molecule has 1 aromatic carbocycles. The summed E-state index contributed by atoms with van der Waals surface area (Å²) in [6.07, 6.45) is 2.27. The van der Waals surface area contributed by atoms with Crippen molar-refractivity contribution in [3.63, 3.8) is 0 Å². The van der Waals surface area contributed by atoms with E-state index in [1.807, 2.05) is 0 Å². The normalized spacial score (nSPS) is 17.2. The molecule has 1 aliphatic rings. The number of rotatable bonds is 7. The smallest absolute Gasteiger partial charge is 0.334 e. The minimum Gasteiger partial charge on any atom is -0.478 e. The summed E-state index contributed by atoms with van der Waals surface area (Å²) in [5.41, 5.74) is 1.42. The first-order valence-electron chi connectivity index (χ1n) is 8.45. The molecule has 1 heterocycles. The van der Waals surface area contributed by atoms with E-state index in [0.717, 1.165) is 6.08 Å². The van der Waals surface area contributed by atoms with Crippen LogP contribution in [0.15, 0.2) is 52.9 Å². The van der Waals surface area contributed by atoms with Crippen molar-refractivity contribution in [2.45, 2.75) is 12.8 Å². The van der Waals surface area contributed by atoms with Crippen LogP contribution in [0.4, 0.5) is 0 Å². The quantitative estimate of drug-likeness (QED) is 0.522. The van der Waals surface area contributed by atoms with Crippen LogP contribution in [0.2, 0.25) is 0 Å². The summed E-state index contributed by atoms with van der Waals surface area (Å²) in [5.74, 6) is -4.69. The first-order chi connectivity index (χ1) is 13.1.